The molecule has 0 fully saturated rings. The van der Waals surface area contributed by atoms with Crippen molar-refractivity contribution in [3.05, 3.63) is 119 Å². The summed E-state index contributed by atoms with van der Waals surface area (Å²) in [6, 6.07) is 18.8. The van der Waals surface area contributed by atoms with Gasteiger partial charge in [-0.15, -0.1) is 0 Å². The monoisotopic (exact) mass is 665 g/mol. The van der Waals surface area contributed by atoms with E-state index in [4.69, 9.17) is 10.2 Å². The van der Waals surface area contributed by atoms with Gasteiger partial charge in [-0.2, -0.15) is 0 Å². The van der Waals surface area contributed by atoms with Crippen molar-refractivity contribution in [1.29, 1.82) is 0 Å². The molecule has 0 aliphatic carbocycles. The molecule has 0 spiro atoms. The van der Waals surface area contributed by atoms with Crippen LogP contribution in [0.4, 0.5) is 0 Å². The van der Waals surface area contributed by atoms with Gasteiger partial charge in [0.1, 0.15) is 5.69 Å². The Balaban J connectivity index is 0.000000303. The Labute approximate surface area is 225 Å². The molecular weight excluding hydrogens is 633 g/mol. The fourth-order valence-electron chi connectivity index (χ4n) is 2.91. The smallest absolute Gasteiger partial charge is 0.477 e. The maximum atomic E-state index is 10.3. The van der Waals surface area contributed by atoms with Gasteiger partial charge in [0, 0.05) is 43.6 Å². The third-order valence-electron chi connectivity index (χ3n) is 4.60. The molecule has 1 radical (unpaired) electrons. The van der Waals surface area contributed by atoms with Gasteiger partial charge in [-0.1, -0.05) is 12.1 Å². The summed E-state index contributed by atoms with van der Waals surface area (Å²) in [5, 5.41) is 17.5. The molecule has 0 aliphatic rings. The van der Waals surface area contributed by atoms with Crippen LogP contribution < -0.4 is 0 Å². The second kappa shape index (κ2) is 17.1. The Hall–Kier alpha value is -3.37. The van der Waals surface area contributed by atoms with E-state index in [1.807, 2.05) is 69.4 Å². The molecule has 0 amide bonds. The molecule has 9 heteroatoms. The van der Waals surface area contributed by atoms with Gasteiger partial charge in [-0.3, -0.25) is 19.9 Å². The average molecular weight is 664 g/mol. The number of carboxylic acids is 1. The number of nitrogens with zero attached hydrogens (tertiary/aromatic N) is 5. The number of aryl methyl sites for hydroxylation is 2. The SMILES string of the molecule is CN(Cc1ccccn1)Cc1cc(CO)ccn1.Cc1ccccn1.Cc1ccnc(C(=O)O)c1.[Os+]. The summed E-state index contributed by atoms with van der Waals surface area (Å²) in [7, 11) is 2.03. The third-order valence-corrected chi connectivity index (χ3v) is 4.60. The molecule has 189 valence electrons. The maximum absolute atomic E-state index is 10.3. The molecule has 4 heterocycles. The summed E-state index contributed by atoms with van der Waals surface area (Å²) >= 11 is 0. The molecule has 8 nitrogen and oxygen atoms in total. The van der Waals surface area contributed by atoms with Gasteiger partial charge in [-0.25, -0.2) is 9.78 Å². The summed E-state index contributed by atoms with van der Waals surface area (Å²) in [6.07, 6.45) is 6.80. The van der Waals surface area contributed by atoms with Gasteiger partial charge in [0.15, 0.2) is 0 Å². The number of aromatic carboxylic acids is 1. The summed E-state index contributed by atoms with van der Waals surface area (Å²) in [5.41, 5.74) is 4.97. The number of hydrogen-bond donors (Lipinski definition) is 2. The molecule has 4 aromatic heterocycles. The van der Waals surface area contributed by atoms with Crippen LogP contribution in [-0.4, -0.2) is 48.1 Å². The summed E-state index contributed by atoms with van der Waals surface area (Å²) in [6.45, 7) is 5.38. The molecule has 4 rings (SSSR count). The molecule has 36 heavy (non-hydrogen) atoms. The van der Waals surface area contributed by atoms with Gasteiger partial charge in [0.2, 0.25) is 0 Å². The molecular formula is C27H31N5O3Os+. The second-order valence-electron chi connectivity index (χ2n) is 7.80. The zero-order valence-corrected chi connectivity index (χ0v) is 23.1. The molecule has 0 saturated heterocycles. The number of aliphatic hydroxyl groups is 1. The van der Waals surface area contributed by atoms with Crippen molar-refractivity contribution in [3.8, 4) is 0 Å². The van der Waals surface area contributed by atoms with Crippen LogP contribution in [0, 0.1) is 13.8 Å². The Morgan fingerprint density at radius 3 is 1.94 bits per heavy atom. The number of hydrogen-bond acceptors (Lipinski definition) is 7. The minimum Gasteiger partial charge on any atom is -0.477 e. The topological polar surface area (TPSA) is 112 Å². The van der Waals surface area contributed by atoms with Crippen molar-refractivity contribution in [2.45, 2.75) is 33.5 Å². The van der Waals surface area contributed by atoms with Crippen molar-refractivity contribution in [1.82, 2.24) is 24.8 Å². The van der Waals surface area contributed by atoms with E-state index >= 15 is 0 Å². The predicted octanol–water partition coefficient (Wildman–Crippen LogP) is 4.08. The van der Waals surface area contributed by atoms with Crippen LogP contribution in [0.15, 0.2) is 85.5 Å². The first-order valence-corrected chi connectivity index (χ1v) is 11.0. The van der Waals surface area contributed by atoms with Crippen LogP contribution >= 0.6 is 0 Å². The Morgan fingerprint density at radius 1 is 0.806 bits per heavy atom. The van der Waals surface area contributed by atoms with Crippen molar-refractivity contribution in [3.63, 3.8) is 0 Å². The zero-order chi connectivity index (χ0) is 25.5. The van der Waals surface area contributed by atoms with Crippen LogP contribution in [0.1, 0.15) is 38.7 Å². The second-order valence-corrected chi connectivity index (χ2v) is 7.80. The molecule has 0 bridgehead atoms. The van der Waals surface area contributed by atoms with E-state index in [1.165, 1.54) is 12.3 Å². The minimum absolute atomic E-state index is 0. The van der Waals surface area contributed by atoms with Crippen LogP contribution in [-0.2, 0) is 39.5 Å². The van der Waals surface area contributed by atoms with E-state index in [0.29, 0.717) is 0 Å². The van der Waals surface area contributed by atoms with Gasteiger partial charge < -0.3 is 10.2 Å². The fourth-order valence-corrected chi connectivity index (χ4v) is 2.91. The van der Waals surface area contributed by atoms with E-state index in [9.17, 15) is 4.79 Å². The van der Waals surface area contributed by atoms with E-state index in [1.54, 1.807) is 24.7 Å². The quantitative estimate of drug-likeness (QED) is 0.318. The van der Waals surface area contributed by atoms with E-state index in [2.05, 4.69) is 24.8 Å². The molecule has 0 aromatic carbocycles. The normalized spacial score (nSPS) is 9.69. The average Bonchev–Trinajstić information content (AvgIpc) is 2.86. The number of aliphatic hydroxyl groups excluding tert-OH is 1. The van der Waals surface area contributed by atoms with Crippen LogP contribution in [0.3, 0.4) is 0 Å². The molecule has 0 saturated carbocycles. The van der Waals surface area contributed by atoms with Crippen molar-refractivity contribution in [2.75, 3.05) is 7.05 Å². The number of rotatable bonds is 6. The fraction of sp³-hybridized carbons (Fsp3) is 0.222. The zero-order valence-electron chi connectivity index (χ0n) is 20.6. The van der Waals surface area contributed by atoms with Gasteiger partial charge in [-0.05, 0) is 80.6 Å². The number of carbonyl (C=O) groups is 1. The van der Waals surface area contributed by atoms with Gasteiger partial charge in [0.25, 0.3) is 0 Å². The standard InChI is InChI=1S/C14H17N3O.C7H7NO2.C6H7N.Os/c1-17(9-13-4-2-3-6-15-13)10-14-8-12(11-18)5-7-16-14;1-5-2-3-8-6(4-5)7(9)10;1-6-4-2-3-5-7-6;/h2-8,18H,9-11H2,1H3;2-4H,1H3,(H,9,10);2-5H,1H3;/q;;;+1. The van der Waals surface area contributed by atoms with Crippen LogP contribution in [0.2, 0.25) is 0 Å². The van der Waals surface area contributed by atoms with Crippen molar-refractivity contribution in [2.24, 2.45) is 0 Å². The Morgan fingerprint density at radius 2 is 1.44 bits per heavy atom. The van der Waals surface area contributed by atoms with Crippen molar-refractivity contribution < 1.29 is 34.8 Å². The largest absolute Gasteiger partial charge is 1.00 e. The van der Waals surface area contributed by atoms with E-state index in [-0.39, 0.29) is 32.1 Å². The summed E-state index contributed by atoms with van der Waals surface area (Å²) in [4.78, 5) is 28.6. The third kappa shape index (κ3) is 12.4. The molecule has 2 N–H and O–H groups in total. The van der Waals surface area contributed by atoms with Crippen LogP contribution in [0.5, 0.6) is 0 Å². The first kappa shape index (κ1) is 30.7. The Bertz CT molecular complexity index is 1160. The maximum Gasteiger partial charge on any atom is 1.00 e. The summed E-state index contributed by atoms with van der Waals surface area (Å²) in [5.74, 6) is -0.983. The predicted molar refractivity (Wildman–Crippen MR) is 134 cm³/mol. The molecule has 4 aromatic rings. The number of carboxylic acid groups (broad SMARTS) is 1. The van der Waals surface area contributed by atoms with E-state index in [0.717, 1.165) is 41.3 Å². The number of aromatic nitrogens is 4. The summed E-state index contributed by atoms with van der Waals surface area (Å²) < 4.78 is 0. The Kier molecular flexibility index (Phi) is 14.6. The number of pyridine rings is 4. The minimum atomic E-state index is -0.983. The van der Waals surface area contributed by atoms with Gasteiger partial charge >= 0.3 is 25.8 Å². The molecule has 0 aliphatic heterocycles. The molecule has 0 atom stereocenters. The van der Waals surface area contributed by atoms with Gasteiger partial charge in [0.05, 0.1) is 18.0 Å². The first-order chi connectivity index (χ1) is 16.9. The van der Waals surface area contributed by atoms with E-state index < -0.39 is 5.97 Å². The van der Waals surface area contributed by atoms with Crippen molar-refractivity contribution >= 4 is 5.97 Å². The first-order valence-electron chi connectivity index (χ1n) is 11.0. The molecule has 0 unspecified atom stereocenters. The van der Waals surface area contributed by atoms with Crippen LogP contribution in [0.25, 0.3) is 0 Å².